The van der Waals surface area contributed by atoms with Gasteiger partial charge >= 0.3 is 5.97 Å². The van der Waals surface area contributed by atoms with Gasteiger partial charge in [-0.25, -0.2) is 0 Å². The number of benzene rings is 1. The Labute approximate surface area is 141 Å². The summed E-state index contributed by atoms with van der Waals surface area (Å²) in [6.07, 6.45) is 2.11. The molecule has 1 atom stereocenters. The van der Waals surface area contributed by atoms with Crippen molar-refractivity contribution >= 4 is 23.5 Å². The molecule has 0 saturated carbocycles. The summed E-state index contributed by atoms with van der Waals surface area (Å²) in [6, 6.07) is 8.61. The van der Waals surface area contributed by atoms with E-state index in [-0.39, 0.29) is 25.0 Å². The van der Waals surface area contributed by atoms with Crippen LogP contribution in [0.5, 0.6) is 0 Å². The van der Waals surface area contributed by atoms with E-state index in [1.165, 1.54) is 16.7 Å². The van der Waals surface area contributed by atoms with Crippen LogP contribution in [0.15, 0.2) is 36.5 Å². The second kappa shape index (κ2) is 7.77. The first-order valence-electron chi connectivity index (χ1n) is 8.02. The van der Waals surface area contributed by atoms with Gasteiger partial charge in [-0.2, -0.15) is 0 Å². The molecule has 1 unspecified atom stereocenters. The largest absolute Gasteiger partial charge is 0.465 e. The Hall–Kier alpha value is -2.63. The average molecular weight is 330 g/mol. The predicted molar refractivity (Wildman–Crippen MR) is 89.4 cm³/mol. The van der Waals surface area contributed by atoms with Crippen molar-refractivity contribution in [1.29, 1.82) is 0 Å². The third-order valence-corrected chi connectivity index (χ3v) is 3.85. The fourth-order valence-corrected chi connectivity index (χ4v) is 2.73. The minimum atomic E-state index is -0.607. The molecule has 0 spiro atoms. The van der Waals surface area contributed by atoms with Gasteiger partial charge in [-0.1, -0.05) is 37.3 Å². The molecule has 0 aromatic heterocycles. The molecule has 128 valence electrons. The van der Waals surface area contributed by atoms with Gasteiger partial charge in [0.1, 0.15) is 12.6 Å². The number of amides is 2. The number of hydrogen-bond donors (Lipinski definition) is 0. The van der Waals surface area contributed by atoms with E-state index in [0.29, 0.717) is 12.1 Å². The van der Waals surface area contributed by atoms with Gasteiger partial charge in [0.15, 0.2) is 0 Å². The van der Waals surface area contributed by atoms with Gasteiger partial charge in [-0.3, -0.25) is 19.3 Å². The first kappa shape index (κ1) is 17.7. The van der Waals surface area contributed by atoms with Gasteiger partial charge in [0, 0.05) is 13.1 Å². The van der Waals surface area contributed by atoms with Crippen LogP contribution < -0.4 is 0 Å². The Bertz CT molecular complexity index is 654. The molecule has 0 fully saturated rings. The zero-order valence-electron chi connectivity index (χ0n) is 14.2. The average Bonchev–Trinajstić information content (AvgIpc) is 2.57. The highest BCUT2D eigenvalue weighted by Gasteiger charge is 2.37. The topological polar surface area (TPSA) is 66.9 Å². The number of ether oxygens (including phenoxy) is 1. The van der Waals surface area contributed by atoms with Crippen molar-refractivity contribution in [1.82, 2.24) is 9.80 Å². The van der Waals surface area contributed by atoms with Crippen LogP contribution in [0.25, 0.3) is 5.70 Å². The van der Waals surface area contributed by atoms with Crippen molar-refractivity contribution in [3.8, 4) is 0 Å². The molecule has 1 heterocycles. The first-order chi connectivity index (χ1) is 11.5. The van der Waals surface area contributed by atoms with E-state index >= 15 is 0 Å². The second-order valence-corrected chi connectivity index (χ2v) is 5.46. The van der Waals surface area contributed by atoms with Crippen molar-refractivity contribution in [2.75, 3.05) is 13.2 Å². The quantitative estimate of drug-likeness (QED) is 0.775. The van der Waals surface area contributed by atoms with Crippen molar-refractivity contribution in [2.24, 2.45) is 0 Å². The zero-order chi connectivity index (χ0) is 17.7. The van der Waals surface area contributed by atoms with E-state index in [1.54, 1.807) is 13.1 Å². The molecule has 1 aromatic rings. The fourth-order valence-electron chi connectivity index (χ4n) is 2.73. The summed E-state index contributed by atoms with van der Waals surface area (Å²) in [5.74, 6) is -0.958. The second-order valence-electron chi connectivity index (χ2n) is 5.46. The van der Waals surface area contributed by atoms with Gasteiger partial charge in [-0.15, -0.1) is 0 Å². The highest BCUT2D eigenvalue weighted by Crippen LogP contribution is 2.28. The Balaban J connectivity index is 2.47. The Morgan fingerprint density at radius 3 is 2.38 bits per heavy atom. The van der Waals surface area contributed by atoms with Crippen LogP contribution in [0.4, 0.5) is 0 Å². The molecule has 0 N–H and O–H groups in total. The monoisotopic (exact) mass is 330 g/mol. The number of rotatable bonds is 5. The standard InChI is InChI=1S/C18H22N2O4/c1-4-15-18(23)20(12-17(22)24-5-2)16(11-19(15)13(3)21)14-9-7-6-8-10-14/h6-11,15H,4-5,12H2,1-3H3. The first-order valence-corrected chi connectivity index (χ1v) is 8.02. The third kappa shape index (κ3) is 3.64. The summed E-state index contributed by atoms with van der Waals surface area (Å²) < 4.78 is 4.98. The maximum absolute atomic E-state index is 12.9. The Kier molecular flexibility index (Phi) is 5.73. The normalized spacial score (nSPS) is 17.5. The van der Waals surface area contributed by atoms with E-state index in [2.05, 4.69) is 0 Å². The number of hydrogen-bond acceptors (Lipinski definition) is 4. The third-order valence-electron chi connectivity index (χ3n) is 3.85. The SMILES string of the molecule is CCOC(=O)CN1C(=O)C(CC)N(C(C)=O)C=C1c1ccccc1. The summed E-state index contributed by atoms with van der Waals surface area (Å²) in [4.78, 5) is 39.6. The van der Waals surface area contributed by atoms with Crippen LogP contribution in [-0.4, -0.2) is 46.8 Å². The summed E-state index contributed by atoms with van der Waals surface area (Å²) >= 11 is 0. The number of esters is 1. The highest BCUT2D eigenvalue weighted by molar-refractivity contribution is 5.98. The van der Waals surface area contributed by atoms with Crippen LogP contribution in [0.3, 0.4) is 0 Å². The van der Waals surface area contributed by atoms with Gasteiger partial charge in [0.05, 0.1) is 12.3 Å². The molecule has 2 rings (SSSR count). The maximum atomic E-state index is 12.9. The highest BCUT2D eigenvalue weighted by atomic mass is 16.5. The summed E-state index contributed by atoms with van der Waals surface area (Å²) in [6.45, 7) is 5.06. The number of nitrogens with zero attached hydrogens (tertiary/aromatic N) is 2. The molecular formula is C18H22N2O4. The lowest BCUT2D eigenvalue weighted by Gasteiger charge is -2.38. The molecule has 0 bridgehead atoms. The van der Waals surface area contributed by atoms with Crippen molar-refractivity contribution in [3.05, 3.63) is 42.1 Å². The lowest BCUT2D eigenvalue weighted by atomic mass is 10.0. The van der Waals surface area contributed by atoms with Crippen molar-refractivity contribution < 1.29 is 19.1 Å². The fraction of sp³-hybridized carbons (Fsp3) is 0.389. The van der Waals surface area contributed by atoms with Crippen LogP contribution >= 0.6 is 0 Å². The van der Waals surface area contributed by atoms with Crippen LogP contribution in [-0.2, 0) is 19.1 Å². The van der Waals surface area contributed by atoms with Gasteiger partial charge in [0.25, 0.3) is 5.91 Å². The van der Waals surface area contributed by atoms with Gasteiger partial charge in [0.2, 0.25) is 5.91 Å². The number of carbonyl (C=O) groups is 3. The molecule has 0 radical (unpaired) electrons. The minimum absolute atomic E-state index is 0.171. The molecule has 2 amide bonds. The molecule has 1 aliphatic rings. The van der Waals surface area contributed by atoms with E-state index in [4.69, 9.17) is 4.74 Å². The lowest BCUT2D eigenvalue weighted by molar-refractivity contribution is -0.150. The molecule has 24 heavy (non-hydrogen) atoms. The van der Waals surface area contributed by atoms with Crippen LogP contribution in [0, 0.1) is 0 Å². The predicted octanol–water partition coefficient (Wildman–Crippen LogP) is 2.02. The van der Waals surface area contributed by atoms with Crippen molar-refractivity contribution in [3.63, 3.8) is 0 Å². The summed E-state index contributed by atoms with van der Waals surface area (Å²) in [7, 11) is 0. The van der Waals surface area contributed by atoms with Crippen LogP contribution in [0.2, 0.25) is 0 Å². The van der Waals surface area contributed by atoms with Crippen molar-refractivity contribution in [2.45, 2.75) is 33.2 Å². The van der Waals surface area contributed by atoms with E-state index in [1.807, 2.05) is 37.3 Å². The molecule has 6 nitrogen and oxygen atoms in total. The molecular weight excluding hydrogens is 308 g/mol. The lowest BCUT2D eigenvalue weighted by Crippen LogP contribution is -2.52. The maximum Gasteiger partial charge on any atom is 0.326 e. The Morgan fingerprint density at radius 1 is 1.17 bits per heavy atom. The Morgan fingerprint density at radius 2 is 1.83 bits per heavy atom. The molecule has 0 aliphatic carbocycles. The number of carbonyl (C=O) groups excluding carboxylic acids is 3. The smallest absolute Gasteiger partial charge is 0.326 e. The van der Waals surface area contributed by atoms with E-state index in [9.17, 15) is 14.4 Å². The summed E-state index contributed by atoms with van der Waals surface area (Å²) in [5.41, 5.74) is 1.28. The molecule has 0 saturated heterocycles. The zero-order valence-corrected chi connectivity index (χ0v) is 14.2. The van der Waals surface area contributed by atoms with E-state index in [0.717, 1.165) is 5.56 Å². The van der Waals surface area contributed by atoms with E-state index < -0.39 is 12.0 Å². The molecule has 1 aliphatic heterocycles. The van der Waals surface area contributed by atoms with Gasteiger partial charge < -0.3 is 9.64 Å². The molecule has 6 heteroatoms. The minimum Gasteiger partial charge on any atom is -0.465 e. The van der Waals surface area contributed by atoms with Crippen LogP contribution in [0.1, 0.15) is 32.8 Å². The molecule has 1 aromatic carbocycles. The van der Waals surface area contributed by atoms with Gasteiger partial charge in [-0.05, 0) is 18.9 Å². The summed E-state index contributed by atoms with van der Waals surface area (Å²) in [5, 5.41) is 0.